The fraction of sp³-hybridized carbons (Fsp3) is 0.0769. The predicted molar refractivity (Wildman–Crippen MR) is 69.7 cm³/mol. The van der Waals surface area contributed by atoms with Crippen LogP contribution >= 0.6 is 15.9 Å². The lowest BCUT2D eigenvalue weighted by atomic mass is 10.1. The van der Waals surface area contributed by atoms with Crippen LogP contribution in [-0.2, 0) is 0 Å². The van der Waals surface area contributed by atoms with Crippen molar-refractivity contribution >= 4 is 26.8 Å². The van der Waals surface area contributed by atoms with Gasteiger partial charge in [-0.3, -0.25) is 0 Å². The van der Waals surface area contributed by atoms with E-state index in [0.29, 0.717) is 0 Å². The van der Waals surface area contributed by atoms with Gasteiger partial charge in [-0.1, -0.05) is 15.9 Å². The van der Waals surface area contributed by atoms with Gasteiger partial charge in [-0.15, -0.1) is 0 Å². The number of fused-ring (bicyclic) bond motifs is 1. The summed E-state index contributed by atoms with van der Waals surface area (Å²) in [6.45, 7) is 1.88. The van der Waals surface area contributed by atoms with E-state index in [1.807, 2.05) is 37.3 Å². The number of aromatic nitrogens is 2. The molecule has 0 bridgehead atoms. The van der Waals surface area contributed by atoms with E-state index in [-0.39, 0.29) is 0 Å². The number of hydrogen-bond acceptors (Lipinski definition) is 3. The third-order valence-electron chi connectivity index (χ3n) is 2.53. The van der Waals surface area contributed by atoms with Gasteiger partial charge in [0.2, 0.25) is 0 Å². The van der Waals surface area contributed by atoms with Crippen LogP contribution < -0.4 is 0 Å². The first kappa shape index (κ1) is 10.5. The van der Waals surface area contributed by atoms with Gasteiger partial charge in [0.05, 0.1) is 11.8 Å². The summed E-state index contributed by atoms with van der Waals surface area (Å²) in [6, 6.07) is 9.72. The van der Waals surface area contributed by atoms with Gasteiger partial charge in [0, 0.05) is 9.86 Å². The second-order valence-electron chi connectivity index (χ2n) is 3.76. The first-order valence-corrected chi connectivity index (χ1v) is 6.01. The molecule has 0 radical (unpaired) electrons. The average Bonchev–Trinajstić information content (AvgIpc) is 2.80. The quantitative estimate of drug-likeness (QED) is 0.680. The van der Waals surface area contributed by atoms with Crippen molar-refractivity contribution in [3.8, 4) is 11.5 Å². The Labute approximate surface area is 107 Å². The summed E-state index contributed by atoms with van der Waals surface area (Å²) in [5.41, 5.74) is 1.75. The third-order valence-corrected chi connectivity index (χ3v) is 3.02. The molecular formula is C13H9BrN2O. The van der Waals surface area contributed by atoms with Crippen LogP contribution in [0.4, 0.5) is 0 Å². The van der Waals surface area contributed by atoms with Crippen molar-refractivity contribution in [2.45, 2.75) is 6.92 Å². The van der Waals surface area contributed by atoms with Gasteiger partial charge < -0.3 is 4.42 Å². The Morgan fingerprint density at radius 3 is 2.82 bits per heavy atom. The van der Waals surface area contributed by atoms with Crippen LogP contribution in [0.15, 0.2) is 45.5 Å². The molecule has 0 atom stereocenters. The van der Waals surface area contributed by atoms with E-state index in [1.165, 1.54) is 0 Å². The topological polar surface area (TPSA) is 38.9 Å². The van der Waals surface area contributed by atoms with E-state index in [4.69, 9.17) is 4.42 Å². The maximum absolute atomic E-state index is 5.41. The fourth-order valence-electron chi connectivity index (χ4n) is 1.82. The molecule has 2 heterocycles. The molecule has 0 amide bonds. The lowest BCUT2D eigenvalue weighted by molar-refractivity contribution is 0.580. The highest BCUT2D eigenvalue weighted by molar-refractivity contribution is 9.10. The van der Waals surface area contributed by atoms with Crippen molar-refractivity contribution in [2.24, 2.45) is 0 Å². The molecular weight excluding hydrogens is 280 g/mol. The second kappa shape index (κ2) is 3.96. The normalized spacial score (nSPS) is 10.9. The van der Waals surface area contributed by atoms with Gasteiger partial charge in [-0.25, -0.2) is 9.97 Å². The third kappa shape index (κ3) is 1.85. The van der Waals surface area contributed by atoms with E-state index in [9.17, 15) is 0 Å². The molecule has 17 heavy (non-hydrogen) atoms. The summed E-state index contributed by atoms with van der Waals surface area (Å²) >= 11 is 3.45. The van der Waals surface area contributed by atoms with E-state index in [1.54, 1.807) is 6.26 Å². The van der Waals surface area contributed by atoms with E-state index in [0.717, 1.165) is 32.7 Å². The molecule has 0 aliphatic heterocycles. The Bertz CT molecular complexity index is 672. The van der Waals surface area contributed by atoms with E-state index < -0.39 is 0 Å². The largest absolute Gasteiger partial charge is 0.463 e. The zero-order valence-corrected chi connectivity index (χ0v) is 10.7. The van der Waals surface area contributed by atoms with Crippen LogP contribution in [0.25, 0.3) is 22.4 Å². The Morgan fingerprint density at radius 1 is 1.18 bits per heavy atom. The molecule has 84 valence electrons. The first-order chi connectivity index (χ1) is 8.24. The van der Waals surface area contributed by atoms with Gasteiger partial charge in [-0.2, -0.15) is 0 Å². The van der Waals surface area contributed by atoms with Crippen LogP contribution in [0.2, 0.25) is 0 Å². The number of nitrogens with zero attached hydrogens (tertiary/aromatic N) is 2. The van der Waals surface area contributed by atoms with Crippen LogP contribution in [0.3, 0.4) is 0 Å². The minimum absolute atomic E-state index is 0.738. The summed E-state index contributed by atoms with van der Waals surface area (Å²) in [5, 5.41) is 0.994. The molecule has 0 saturated carbocycles. The van der Waals surface area contributed by atoms with Crippen LogP contribution in [0, 0.1) is 6.92 Å². The Morgan fingerprint density at radius 2 is 2.06 bits per heavy atom. The van der Waals surface area contributed by atoms with E-state index in [2.05, 4.69) is 25.9 Å². The maximum atomic E-state index is 5.41. The van der Waals surface area contributed by atoms with Crippen molar-refractivity contribution in [2.75, 3.05) is 0 Å². The molecule has 1 aromatic carbocycles. The molecule has 3 rings (SSSR count). The van der Waals surface area contributed by atoms with Crippen LogP contribution in [0.5, 0.6) is 0 Å². The molecule has 3 nitrogen and oxygen atoms in total. The Balaban J connectivity index is 2.38. The minimum atomic E-state index is 0.738. The van der Waals surface area contributed by atoms with Crippen molar-refractivity contribution in [1.82, 2.24) is 9.97 Å². The van der Waals surface area contributed by atoms with Crippen LogP contribution in [0.1, 0.15) is 5.82 Å². The van der Waals surface area contributed by atoms with Gasteiger partial charge in [0.25, 0.3) is 0 Å². The standard InChI is InChI=1S/C13H9BrN2O/c1-8-15-11-7-9(14)4-5-10(11)13(16-8)12-3-2-6-17-12/h2-7H,1H3. The molecule has 0 fully saturated rings. The highest BCUT2D eigenvalue weighted by Crippen LogP contribution is 2.28. The lowest BCUT2D eigenvalue weighted by Crippen LogP contribution is -1.93. The summed E-state index contributed by atoms with van der Waals surface area (Å²) in [5.74, 6) is 1.50. The molecule has 0 spiro atoms. The number of hydrogen-bond donors (Lipinski definition) is 0. The minimum Gasteiger partial charge on any atom is -0.463 e. The summed E-state index contributed by atoms with van der Waals surface area (Å²) in [6.07, 6.45) is 1.65. The summed E-state index contributed by atoms with van der Waals surface area (Å²) in [4.78, 5) is 8.88. The molecule has 0 aliphatic rings. The monoisotopic (exact) mass is 288 g/mol. The van der Waals surface area contributed by atoms with Crippen molar-refractivity contribution < 1.29 is 4.42 Å². The SMILES string of the molecule is Cc1nc(-c2ccco2)c2ccc(Br)cc2n1. The summed E-state index contributed by atoms with van der Waals surface area (Å²) < 4.78 is 6.42. The first-order valence-electron chi connectivity index (χ1n) is 5.22. The fourth-order valence-corrected chi connectivity index (χ4v) is 2.17. The maximum Gasteiger partial charge on any atom is 0.153 e. The Kier molecular flexibility index (Phi) is 2.44. The molecule has 4 heteroatoms. The zero-order chi connectivity index (χ0) is 11.8. The average molecular weight is 289 g/mol. The molecule has 2 aromatic heterocycles. The highest BCUT2D eigenvalue weighted by Gasteiger charge is 2.10. The van der Waals surface area contributed by atoms with Crippen LogP contribution in [-0.4, -0.2) is 9.97 Å². The molecule has 0 saturated heterocycles. The van der Waals surface area contributed by atoms with Crippen molar-refractivity contribution in [3.63, 3.8) is 0 Å². The number of furan rings is 1. The molecule has 0 N–H and O–H groups in total. The number of halogens is 1. The Hall–Kier alpha value is -1.68. The van der Waals surface area contributed by atoms with Crippen molar-refractivity contribution in [3.05, 3.63) is 46.9 Å². The highest BCUT2D eigenvalue weighted by atomic mass is 79.9. The van der Waals surface area contributed by atoms with E-state index >= 15 is 0 Å². The molecule has 0 unspecified atom stereocenters. The van der Waals surface area contributed by atoms with Gasteiger partial charge in [0.15, 0.2) is 5.76 Å². The molecule has 0 aliphatic carbocycles. The van der Waals surface area contributed by atoms with Gasteiger partial charge in [-0.05, 0) is 37.3 Å². The van der Waals surface area contributed by atoms with Crippen molar-refractivity contribution in [1.29, 1.82) is 0 Å². The van der Waals surface area contributed by atoms with Gasteiger partial charge >= 0.3 is 0 Å². The smallest absolute Gasteiger partial charge is 0.153 e. The summed E-state index contributed by atoms with van der Waals surface area (Å²) in [7, 11) is 0. The molecule has 3 aromatic rings. The second-order valence-corrected chi connectivity index (χ2v) is 4.67. The number of aryl methyl sites for hydroxylation is 1. The lowest BCUT2D eigenvalue weighted by Gasteiger charge is -2.04. The number of benzene rings is 1. The predicted octanol–water partition coefficient (Wildman–Crippen LogP) is 3.96. The zero-order valence-electron chi connectivity index (χ0n) is 9.14. The number of rotatable bonds is 1. The van der Waals surface area contributed by atoms with Gasteiger partial charge in [0.1, 0.15) is 11.5 Å².